The molecule has 5 nitrogen and oxygen atoms in total. The maximum absolute atomic E-state index is 12.8. The standard InChI is InChI=1S/C21H28N2O3/c1-3-20(24)22-12-10-18(11-13-22)21(25)23-14-8-17(9-15-23)16-4-6-19(26-2)7-5-16/h3-7,17-18H,1,8-15H2,2H3. The third-order valence-electron chi connectivity index (χ3n) is 5.72. The summed E-state index contributed by atoms with van der Waals surface area (Å²) in [7, 11) is 1.68. The minimum Gasteiger partial charge on any atom is -0.497 e. The van der Waals surface area contributed by atoms with Crippen LogP contribution in [0, 0.1) is 5.92 Å². The molecule has 0 N–H and O–H groups in total. The number of ether oxygens (including phenoxy) is 1. The maximum atomic E-state index is 12.8. The number of piperidine rings is 2. The zero-order valence-electron chi connectivity index (χ0n) is 15.5. The second kappa shape index (κ2) is 8.39. The van der Waals surface area contributed by atoms with Gasteiger partial charge in [-0.15, -0.1) is 0 Å². The number of amides is 2. The Morgan fingerprint density at radius 3 is 2.12 bits per heavy atom. The summed E-state index contributed by atoms with van der Waals surface area (Å²) in [5.74, 6) is 1.68. The molecule has 0 atom stereocenters. The van der Waals surface area contributed by atoms with E-state index in [2.05, 4.69) is 18.7 Å². The van der Waals surface area contributed by atoms with Crippen LogP contribution >= 0.6 is 0 Å². The van der Waals surface area contributed by atoms with Crippen molar-refractivity contribution in [2.24, 2.45) is 5.92 Å². The first-order valence-corrected chi connectivity index (χ1v) is 9.46. The van der Waals surface area contributed by atoms with E-state index in [0.29, 0.717) is 19.0 Å². The first-order chi connectivity index (χ1) is 12.6. The van der Waals surface area contributed by atoms with Gasteiger partial charge in [-0.05, 0) is 55.4 Å². The average Bonchev–Trinajstić information content (AvgIpc) is 2.73. The van der Waals surface area contributed by atoms with Crippen molar-refractivity contribution in [3.8, 4) is 5.75 Å². The van der Waals surface area contributed by atoms with Crippen molar-refractivity contribution < 1.29 is 14.3 Å². The van der Waals surface area contributed by atoms with Crippen molar-refractivity contribution in [1.82, 2.24) is 9.80 Å². The summed E-state index contributed by atoms with van der Waals surface area (Å²) >= 11 is 0. The van der Waals surface area contributed by atoms with Crippen molar-refractivity contribution in [3.63, 3.8) is 0 Å². The molecule has 0 aliphatic carbocycles. The first kappa shape index (κ1) is 18.5. The SMILES string of the molecule is C=CC(=O)N1CCC(C(=O)N2CCC(c3ccc(OC)cc3)CC2)CC1. The molecule has 2 saturated heterocycles. The molecule has 0 spiro atoms. The molecule has 0 aromatic heterocycles. The molecule has 2 aliphatic heterocycles. The van der Waals surface area contributed by atoms with Crippen LogP contribution in [-0.4, -0.2) is 54.9 Å². The molecule has 26 heavy (non-hydrogen) atoms. The topological polar surface area (TPSA) is 49.9 Å². The minimum absolute atomic E-state index is 0.0313. The number of methoxy groups -OCH3 is 1. The molecule has 0 bridgehead atoms. The van der Waals surface area contributed by atoms with E-state index < -0.39 is 0 Å². The van der Waals surface area contributed by atoms with Gasteiger partial charge in [0.15, 0.2) is 0 Å². The van der Waals surface area contributed by atoms with Crippen LogP contribution in [0.3, 0.4) is 0 Å². The third-order valence-corrected chi connectivity index (χ3v) is 5.72. The third kappa shape index (κ3) is 4.09. The van der Waals surface area contributed by atoms with Crippen LogP contribution in [0.5, 0.6) is 5.75 Å². The predicted molar refractivity (Wildman–Crippen MR) is 101 cm³/mol. The molecule has 2 amide bonds. The zero-order valence-corrected chi connectivity index (χ0v) is 15.5. The van der Waals surface area contributed by atoms with Gasteiger partial charge in [0.2, 0.25) is 11.8 Å². The summed E-state index contributed by atoms with van der Waals surface area (Å²) in [4.78, 5) is 28.3. The van der Waals surface area contributed by atoms with Crippen molar-refractivity contribution in [3.05, 3.63) is 42.5 Å². The molecule has 0 saturated carbocycles. The number of carbonyl (C=O) groups is 2. The number of likely N-dealkylation sites (tertiary alicyclic amines) is 2. The Labute approximate surface area is 155 Å². The summed E-state index contributed by atoms with van der Waals surface area (Å²) in [6.07, 6.45) is 4.89. The lowest BCUT2D eigenvalue weighted by molar-refractivity contribution is -0.140. The molecule has 0 radical (unpaired) electrons. The number of carbonyl (C=O) groups excluding carboxylic acids is 2. The van der Waals surface area contributed by atoms with Crippen LogP contribution in [0.2, 0.25) is 0 Å². The normalized spacial score (nSPS) is 19.3. The molecule has 0 unspecified atom stereocenters. The fourth-order valence-corrected chi connectivity index (χ4v) is 4.04. The molecule has 2 aliphatic rings. The van der Waals surface area contributed by atoms with Gasteiger partial charge in [0.05, 0.1) is 7.11 Å². The minimum atomic E-state index is -0.0313. The smallest absolute Gasteiger partial charge is 0.245 e. The highest BCUT2D eigenvalue weighted by Gasteiger charge is 2.31. The van der Waals surface area contributed by atoms with Crippen LogP contribution in [0.25, 0.3) is 0 Å². The number of nitrogens with zero attached hydrogens (tertiary/aromatic N) is 2. The fourth-order valence-electron chi connectivity index (χ4n) is 4.04. The number of hydrogen-bond donors (Lipinski definition) is 0. The molecule has 1 aromatic carbocycles. The summed E-state index contributed by atoms with van der Waals surface area (Å²) in [5, 5.41) is 0. The zero-order chi connectivity index (χ0) is 18.5. The summed E-state index contributed by atoms with van der Waals surface area (Å²) in [6, 6.07) is 8.27. The number of rotatable bonds is 4. The van der Waals surface area contributed by atoms with Gasteiger partial charge in [0.1, 0.15) is 5.75 Å². The summed E-state index contributed by atoms with van der Waals surface area (Å²) < 4.78 is 5.22. The molecule has 2 fully saturated rings. The van der Waals surface area contributed by atoms with Crippen LogP contribution in [0.1, 0.15) is 37.2 Å². The van der Waals surface area contributed by atoms with Crippen LogP contribution < -0.4 is 4.74 Å². The van der Waals surface area contributed by atoms with E-state index in [4.69, 9.17) is 4.74 Å². The molecule has 1 aromatic rings. The van der Waals surface area contributed by atoms with E-state index in [1.165, 1.54) is 11.6 Å². The van der Waals surface area contributed by atoms with Gasteiger partial charge >= 0.3 is 0 Å². The Bertz CT molecular complexity index is 640. The van der Waals surface area contributed by atoms with E-state index in [0.717, 1.165) is 44.5 Å². The lowest BCUT2D eigenvalue weighted by atomic mass is 9.88. The molecule has 140 valence electrons. The monoisotopic (exact) mass is 356 g/mol. The van der Waals surface area contributed by atoms with E-state index >= 15 is 0 Å². The van der Waals surface area contributed by atoms with Crippen molar-refractivity contribution >= 4 is 11.8 Å². The summed E-state index contributed by atoms with van der Waals surface area (Å²) in [6.45, 7) is 6.49. The molecular formula is C21H28N2O3. The highest BCUT2D eigenvalue weighted by atomic mass is 16.5. The van der Waals surface area contributed by atoms with Gasteiger partial charge in [-0.3, -0.25) is 9.59 Å². The number of hydrogen-bond acceptors (Lipinski definition) is 3. The van der Waals surface area contributed by atoms with Crippen molar-refractivity contribution in [2.75, 3.05) is 33.3 Å². The Hall–Kier alpha value is -2.30. The van der Waals surface area contributed by atoms with Crippen LogP contribution in [-0.2, 0) is 9.59 Å². The maximum Gasteiger partial charge on any atom is 0.245 e. The van der Waals surface area contributed by atoms with E-state index in [-0.39, 0.29) is 17.7 Å². The Morgan fingerprint density at radius 2 is 1.58 bits per heavy atom. The summed E-state index contributed by atoms with van der Waals surface area (Å²) in [5.41, 5.74) is 1.33. The predicted octanol–water partition coefficient (Wildman–Crippen LogP) is 2.83. The molecule has 5 heteroatoms. The van der Waals surface area contributed by atoms with Crippen molar-refractivity contribution in [1.29, 1.82) is 0 Å². The van der Waals surface area contributed by atoms with Crippen LogP contribution in [0.15, 0.2) is 36.9 Å². The molecule has 3 rings (SSSR count). The molecule has 2 heterocycles. The largest absolute Gasteiger partial charge is 0.497 e. The Kier molecular flexibility index (Phi) is 5.96. The van der Waals surface area contributed by atoms with E-state index in [9.17, 15) is 9.59 Å². The van der Waals surface area contributed by atoms with E-state index in [1.54, 1.807) is 12.0 Å². The quantitative estimate of drug-likeness (QED) is 0.780. The average molecular weight is 356 g/mol. The lowest BCUT2D eigenvalue weighted by Crippen LogP contribution is -2.46. The number of benzene rings is 1. The molecular weight excluding hydrogens is 328 g/mol. The lowest BCUT2D eigenvalue weighted by Gasteiger charge is -2.37. The van der Waals surface area contributed by atoms with Crippen molar-refractivity contribution in [2.45, 2.75) is 31.6 Å². The fraction of sp³-hybridized carbons (Fsp3) is 0.524. The van der Waals surface area contributed by atoms with Gasteiger partial charge in [0, 0.05) is 32.1 Å². The highest BCUT2D eigenvalue weighted by Crippen LogP contribution is 2.30. The van der Waals surface area contributed by atoms with E-state index in [1.807, 2.05) is 17.0 Å². The second-order valence-corrected chi connectivity index (χ2v) is 7.18. The van der Waals surface area contributed by atoms with Gasteiger partial charge in [0.25, 0.3) is 0 Å². The highest BCUT2D eigenvalue weighted by molar-refractivity contribution is 5.87. The second-order valence-electron chi connectivity index (χ2n) is 7.18. The first-order valence-electron chi connectivity index (χ1n) is 9.46. The Morgan fingerprint density at radius 1 is 1.00 bits per heavy atom. The van der Waals surface area contributed by atoms with Gasteiger partial charge < -0.3 is 14.5 Å². The van der Waals surface area contributed by atoms with Gasteiger partial charge in [-0.2, -0.15) is 0 Å². The van der Waals surface area contributed by atoms with Gasteiger partial charge in [-0.1, -0.05) is 18.7 Å². The Balaban J connectivity index is 1.49. The van der Waals surface area contributed by atoms with Gasteiger partial charge in [-0.25, -0.2) is 0 Å². The van der Waals surface area contributed by atoms with Crippen LogP contribution in [0.4, 0.5) is 0 Å².